The first-order valence-electron chi connectivity index (χ1n) is 11.5. The fourth-order valence-electron chi connectivity index (χ4n) is 3.99. The molecule has 1 saturated heterocycles. The second kappa shape index (κ2) is 11.6. The van der Waals surface area contributed by atoms with Gasteiger partial charge in [-0.05, 0) is 49.2 Å². The van der Waals surface area contributed by atoms with Crippen molar-refractivity contribution in [2.75, 3.05) is 39.4 Å². The number of aryl methyl sites for hydroxylation is 2. The third-order valence-corrected chi connectivity index (χ3v) is 6.56. The molecule has 0 unspecified atom stereocenters. The topological polar surface area (TPSA) is 54.9 Å². The molecule has 0 aliphatic carbocycles. The summed E-state index contributed by atoms with van der Waals surface area (Å²) in [6.45, 7) is 9.00. The van der Waals surface area contributed by atoms with Gasteiger partial charge in [-0.3, -0.25) is 9.69 Å². The maximum absolute atomic E-state index is 14.4. The van der Waals surface area contributed by atoms with Crippen LogP contribution in [0.5, 0.6) is 5.75 Å². The van der Waals surface area contributed by atoms with Gasteiger partial charge >= 0.3 is 0 Å². The minimum absolute atomic E-state index is 0.0816. The van der Waals surface area contributed by atoms with Gasteiger partial charge in [0.2, 0.25) is 0 Å². The molecule has 1 aliphatic rings. The highest BCUT2D eigenvalue weighted by atomic mass is 32.1. The predicted molar refractivity (Wildman–Crippen MR) is 131 cm³/mol. The smallest absolute Gasteiger partial charge is 0.257 e. The second-order valence-corrected chi connectivity index (χ2v) is 9.45. The molecule has 1 amide bonds. The van der Waals surface area contributed by atoms with E-state index in [0.29, 0.717) is 39.5 Å². The minimum Gasteiger partial charge on any atom is -0.486 e. The fourth-order valence-corrected chi connectivity index (χ4v) is 4.69. The van der Waals surface area contributed by atoms with E-state index in [-0.39, 0.29) is 11.5 Å². The number of benzene rings is 2. The van der Waals surface area contributed by atoms with Crippen molar-refractivity contribution in [1.82, 2.24) is 14.8 Å². The van der Waals surface area contributed by atoms with E-state index in [4.69, 9.17) is 9.47 Å². The molecular weight excluding hydrogens is 453 g/mol. The maximum atomic E-state index is 14.4. The van der Waals surface area contributed by atoms with Crippen molar-refractivity contribution >= 4 is 17.2 Å². The Balaban J connectivity index is 1.43. The molecule has 180 valence electrons. The van der Waals surface area contributed by atoms with E-state index in [1.807, 2.05) is 31.4 Å². The Morgan fingerprint density at radius 3 is 2.65 bits per heavy atom. The summed E-state index contributed by atoms with van der Waals surface area (Å²) in [6, 6.07) is 12.2. The Labute approximate surface area is 203 Å². The SMILES string of the molecule is Cc1cc(C)cc(OCc2nc(CN(CCN3CCOCC3)C(=O)c3ccccc3F)cs2)c1. The normalized spacial score (nSPS) is 14.2. The van der Waals surface area contributed by atoms with Gasteiger partial charge in [0.1, 0.15) is 23.2 Å². The largest absolute Gasteiger partial charge is 0.486 e. The summed E-state index contributed by atoms with van der Waals surface area (Å²) in [7, 11) is 0. The Kier molecular flexibility index (Phi) is 8.26. The number of morpholine rings is 1. The number of ether oxygens (including phenoxy) is 2. The van der Waals surface area contributed by atoms with Crippen molar-refractivity contribution in [2.24, 2.45) is 0 Å². The highest BCUT2D eigenvalue weighted by Crippen LogP contribution is 2.20. The van der Waals surface area contributed by atoms with Crippen LogP contribution in [0.4, 0.5) is 4.39 Å². The second-order valence-electron chi connectivity index (χ2n) is 8.51. The molecule has 3 aromatic rings. The number of aromatic nitrogens is 1. The van der Waals surface area contributed by atoms with Crippen molar-refractivity contribution in [3.63, 3.8) is 0 Å². The molecule has 0 N–H and O–H groups in total. The summed E-state index contributed by atoms with van der Waals surface area (Å²) < 4.78 is 25.7. The lowest BCUT2D eigenvalue weighted by Crippen LogP contribution is -2.43. The van der Waals surface area contributed by atoms with Crippen molar-refractivity contribution in [2.45, 2.75) is 27.0 Å². The third-order valence-electron chi connectivity index (χ3n) is 5.69. The highest BCUT2D eigenvalue weighted by molar-refractivity contribution is 7.09. The van der Waals surface area contributed by atoms with Crippen LogP contribution in [0.3, 0.4) is 0 Å². The Morgan fingerprint density at radius 1 is 1.18 bits per heavy atom. The molecule has 0 radical (unpaired) electrons. The fraction of sp³-hybridized carbons (Fsp3) is 0.385. The number of hydrogen-bond donors (Lipinski definition) is 0. The van der Waals surface area contributed by atoms with Gasteiger partial charge in [0.05, 0.1) is 31.0 Å². The first kappa shape index (κ1) is 24.3. The number of nitrogens with zero attached hydrogens (tertiary/aromatic N) is 3. The van der Waals surface area contributed by atoms with Gasteiger partial charge in [0.15, 0.2) is 0 Å². The molecular formula is C26H30FN3O3S. The first-order valence-corrected chi connectivity index (χ1v) is 12.3. The summed E-state index contributed by atoms with van der Waals surface area (Å²) in [5.41, 5.74) is 3.16. The van der Waals surface area contributed by atoms with Gasteiger partial charge in [0.25, 0.3) is 5.91 Å². The number of halogens is 1. The molecule has 2 aromatic carbocycles. The number of carbonyl (C=O) groups excluding carboxylic acids is 1. The Morgan fingerprint density at radius 2 is 1.91 bits per heavy atom. The van der Waals surface area contributed by atoms with Crippen LogP contribution in [0, 0.1) is 19.7 Å². The lowest BCUT2D eigenvalue weighted by atomic mass is 10.1. The van der Waals surface area contributed by atoms with Crippen molar-refractivity contribution in [3.05, 3.63) is 81.1 Å². The molecule has 8 heteroatoms. The van der Waals surface area contributed by atoms with Crippen LogP contribution in [0.2, 0.25) is 0 Å². The number of thiazole rings is 1. The standard InChI is InChI=1S/C26H30FN3O3S/c1-19-13-20(2)15-22(14-19)33-17-25-28-21(18-34-25)16-30(8-7-29-9-11-32-12-10-29)26(31)23-5-3-4-6-24(23)27/h3-6,13-15,18H,7-12,16-17H2,1-2H3. The molecule has 6 nitrogen and oxygen atoms in total. The summed E-state index contributed by atoms with van der Waals surface area (Å²) in [5.74, 6) is -0.0202. The van der Waals surface area contributed by atoms with Crippen molar-refractivity contribution < 1.29 is 18.7 Å². The van der Waals surface area contributed by atoms with Gasteiger partial charge in [-0.2, -0.15) is 0 Å². The van der Waals surface area contributed by atoms with Crippen LogP contribution in [-0.4, -0.2) is 60.1 Å². The van der Waals surface area contributed by atoms with Crippen LogP contribution in [-0.2, 0) is 17.9 Å². The molecule has 1 aromatic heterocycles. The van der Waals surface area contributed by atoms with E-state index in [1.54, 1.807) is 17.0 Å². The lowest BCUT2D eigenvalue weighted by molar-refractivity contribution is 0.0319. The van der Waals surface area contributed by atoms with Crippen LogP contribution < -0.4 is 4.74 Å². The highest BCUT2D eigenvalue weighted by Gasteiger charge is 2.22. The molecule has 1 fully saturated rings. The number of amides is 1. The van der Waals surface area contributed by atoms with Crippen LogP contribution >= 0.6 is 11.3 Å². The molecule has 2 heterocycles. The van der Waals surface area contributed by atoms with Crippen LogP contribution in [0.25, 0.3) is 0 Å². The average Bonchev–Trinajstić information content (AvgIpc) is 3.28. The van der Waals surface area contributed by atoms with E-state index in [0.717, 1.165) is 40.7 Å². The van der Waals surface area contributed by atoms with Crippen LogP contribution in [0.1, 0.15) is 32.2 Å². The van der Waals surface area contributed by atoms with Gasteiger partial charge in [-0.15, -0.1) is 11.3 Å². The molecule has 0 atom stereocenters. The summed E-state index contributed by atoms with van der Waals surface area (Å²) in [5, 5.41) is 2.77. The first-order chi connectivity index (χ1) is 16.5. The molecule has 0 saturated carbocycles. The molecule has 0 bridgehead atoms. The quantitative estimate of drug-likeness (QED) is 0.450. The van der Waals surface area contributed by atoms with E-state index in [9.17, 15) is 9.18 Å². The Bertz CT molecular complexity index is 1090. The third kappa shape index (κ3) is 6.62. The van der Waals surface area contributed by atoms with E-state index in [2.05, 4.69) is 16.0 Å². The monoisotopic (exact) mass is 483 g/mol. The zero-order valence-corrected chi connectivity index (χ0v) is 20.4. The molecule has 0 spiro atoms. The van der Waals surface area contributed by atoms with Gasteiger partial charge < -0.3 is 14.4 Å². The molecule has 34 heavy (non-hydrogen) atoms. The van der Waals surface area contributed by atoms with Gasteiger partial charge in [0, 0.05) is 31.6 Å². The van der Waals surface area contributed by atoms with E-state index >= 15 is 0 Å². The maximum Gasteiger partial charge on any atom is 0.257 e. The van der Waals surface area contributed by atoms with E-state index in [1.165, 1.54) is 23.5 Å². The lowest BCUT2D eigenvalue weighted by Gasteiger charge is -2.30. The predicted octanol–water partition coefficient (Wildman–Crippen LogP) is 4.45. The molecule has 1 aliphatic heterocycles. The number of rotatable bonds is 9. The number of hydrogen-bond acceptors (Lipinski definition) is 6. The van der Waals surface area contributed by atoms with Crippen molar-refractivity contribution in [1.29, 1.82) is 0 Å². The van der Waals surface area contributed by atoms with Crippen molar-refractivity contribution in [3.8, 4) is 5.75 Å². The molecule has 4 rings (SSSR count). The zero-order valence-electron chi connectivity index (χ0n) is 19.6. The average molecular weight is 484 g/mol. The number of carbonyl (C=O) groups is 1. The van der Waals surface area contributed by atoms with E-state index < -0.39 is 5.82 Å². The van der Waals surface area contributed by atoms with Crippen LogP contribution in [0.15, 0.2) is 47.8 Å². The zero-order chi connectivity index (χ0) is 23.9. The van der Waals surface area contributed by atoms with Gasteiger partial charge in [-0.25, -0.2) is 9.37 Å². The summed E-state index contributed by atoms with van der Waals surface area (Å²) >= 11 is 1.50. The minimum atomic E-state index is -0.510. The summed E-state index contributed by atoms with van der Waals surface area (Å²) in [6.07, 6.45) is 0. The summed E-state index contributed by atoms with van der Waals surface area (Å²) in [4.78, 5) is 21.8. The van der Waals surface area contributed by atoms with Gasteiger partial charge in [-0.1, -0.05) is 18.2 Å². The Hall–Kier alpha value is -2.81.